The number of carbonyl (C=O) groups is 1. The first-order valence-electron chi connectivity index (χ1n) is 9.07. The third-order valence-electron chi connectivity index (χ3n) is 4.50. The van der Waals surface area contributed by atoms with Crippen LogP contribution in [-0.2, 0) is 14.8 Å². The van der Waals surface area contributed by atoms with E-state index in [9.17, 15) is 26.4 Å². The first kappa shape index (κ1) is 22.1. The summed E-state index contributed by atoms with van der Waals surface area (Å²) in [6, 6.07) is 10.4. The Morgan fingerprint density at radius 1 is 1.07 bits per heavy atom. The SMILES string of the molecule is O=C(CN1CCN(S(=O)(=O)c2cccc(F)c2)CC1)Nc1ccc(OC(F)F)cc1. The summed E-state index contributed by atoms with van der Waals surface area (Å²) in [6.07, 6.45) is 0. The van der Waals surface area contributed by atoms with Crippen LogP contribution < -0.4 is 10.1 Å². The van der Waals surface area contributed by atoms with Crippen LogP contribution in [0.25, 0.3) is 0 Å². The van der Waals surface area contributed by atoms with Gasteiger partial charge < -0.3 is 10.1 Å². The monoisotopic (exact) mass is 443 g/mol. The number of anilines is 1. The second-order valence-corrected chi connectivity index (χ2v) is 8.53. The summed E-state index contributed by atoms with van der Waals surface area (Å²) in [5.41, 5.74) is 0.425. The van der Waals surface area contributed by atoms with Crippen LogP contribution in [0.4, 0.5) is 18.9 Å². The zero-order chi connectivity index (χ0) is 21.7. The molecule has 1 amide bonds. The number of alkyl halides is 2. The molecule has 0 saturated carbocycles. The highest BCUT2D eigenvalue weighted by molar-refractivity contribution is 7.89. The molecule has 1 aliphatic heterocycles. The quantitative estimate of drug-likeness (QED) is 0.711. The Hall–Kier alpha value is -2.63. The van der Waals surface area contributed by atoms with Gasteiger partial charge in [-0.2, -0.15) is 13.1 Å². The molecule has 0 aromatic heterocycles. The molecule has 0 spiro atoms. The van der Waals surface area contributed by atoms with E-state index >= 15 is 0 Å². The molecule has 1 aliphatic rings. The van der Waals surface area contributed by atoms with Gasteiger partial charge in [0.15, 0.2) is 0 Å². The molecule has 0 aliphatic carbocycles. The van der Waals surface area contributed by atoms with Gasteiger partial charge in [0.05, 0.1) is 11.4 Å². The highest BCUT2D eigenvalue weighted by atomic mass is 32.2. The zero-order valence-corrected chi connectivity index (χ0v) is 16.6. The van der Waals surface area contributed by atoms with E-state index in [1.165, 1.54) is 46.8 Å². The van der Waals surface area contributed by atoms with Gasteiger partial charge in [0.1, 0.15) is 11.6 Å². The number of halogens is 3. The van der Waals surface area contributed by atoms with Gasteiger partial charge in [-0.25, -0.2) is 12.8 Å². The maximum Gasteiger partial charge on any atom is 0.387 e. The maximum atomic E-state index is 13.4. The molecule has 1 N–H and O–H groups in total. The van der Waals surface area contributed by atoms with Crippen molar-refractivity contribution in [3.63, 3.8) is 0 Å². The molecule has 7 nitrogen and oxygen atoms in total. The van der Waals surface area contributed by atoms with E-state index in [0.717, 1.165) is 6.07 Å². The molecule has 0 radical (unpaired) electrons. The first-order chi connectivity index (χ1) is 14.2. The molecule has 30 heavy (non-hydrogen) atoms. The smallest absolute Gasteiger partial charge is 0.387 e. The molecule has 2 aromatic carbocycles. The van der Waals surface area contributed by atoms with Crippen molar-refractivity contribution in [3.05, 3.63) is 54.3 Å². The lowest BCUT2D eigenvalue weighted by Crippen LogP contribution is -2.50. The van der Waals surface area contributed by atoms with Crippen LogP contribution in [0.5, 0.6) is 5.75 Å². The van der Waals surface area contributed by atoms with Gasteiger partial charge in [-0.3, -0.25) is 9.69 Å². The molecule has 1 fully saturated rings. The van der Waals surface area contributed by atoms with Gasteiger partial charge in [-0.1, -0.05) is 6.07 Å². The average molecular weight is 443 g/mol. The maximum absolute atomic E-state index is 13.4. The lowest BCUT2D eigenvalue weighted by atomic mass is 10.3. The molecule has 1 heterocycles. The number of benzene rings is 2. The third-order valence-corrected chi connectivity index (χ3v) is 6.39. The van der Waals surface area contributed by atoms with Crippen molar-refractivity contribution in [2.75, 3.05) is 38.0 Å². The fourth-order valence-electron chi connectivity index (χ4n) is 3.03. The van der Waals surface area contributed by atoms with Gasteiger partial charge in [-0.05, 0) is 42.5 Å². The number of ether oxygens (including phenoxy) is 1. The van der Waals surface area contributed by atoms with Crippen molar-refractivity contribution in [3.8, 4) is 5.75 Å². The van der Waals surface area contributed by atoms with Crippen LogP contribution >= 0.6 is 0 Å². The predicted molar refractivity (Wildman–Crippen MR) is 103 cm³/mol. The number of nitrogens with one attached hydrogen (secondary N) is 1. The molecule has 3 rings (SSSR count). The minimum atomic E-state index is -3.80. The molecular formula is C19H20F3N3O4S. The lowest BCUT2D eigenvalue weighted by Gasteiger charge is -2.33. The van der Waals surface area contributed by atoms with Crippen molar-refractivity contribution in [2.45, 2.75) is 11.5 Å². The highest BCUT2D eigenvalue weighted by Gasteiger charge is 2.29. The molecule has 0 bridgehead atoms. The van der Waals surface area contributed by atoms with Crippen molar-refractivity contribution in [2.24, 2.45) is 0 Å². The number of hydrogen-bond donors (Lipinski definition) is 1. The molecule has 0 unspecified atom stereocenters. The Morgan fingerprint density at radius 3 is 2.33 bits per heavy atom. The average Bonchev–Trinajstić information content (AvgIpc) is 2.69. The Balaban J connectivity index is 1.50. The number of carbonyl (C=O) groups excluding carboxylic acids is 1. The van der Waals surface area contributed by atoms with Crippen LogP contribution in [-0.4, -0.2) is 62.9 Å². The normalized spacial score (nSPS) is 15.9. The van der Waals surface area contributed by atoms with Gasteiger partial charge in [0.25, 0.3) is 0 Å². The Kier molecular flexibility index (Phi) is 6.95. The fraction of sp³-hybridized carbons (Fsp3) is 0.316. The van der Waals surface area contributed by atoms with Gasteiger partial charge in [0, 0.05) is 31.9 Å². The van der Waals surface area contributed by atoms with Gasteiger partial charge in [-0.15, -0.1) is 0 Å². The number of nitrogens with zero attached hydrogens (tertiary/aromatic N) is 2. The summed E-state index contributed by atoms with van der Waals surface area (Å²) in [5, 5.41) is 2.65. The van der Waals surface area contributed by atoms with Crippen molar-refractivity contribution >= 4 is 21.6 Å². The molecule has 2 aromatic rings. The van der Waals surface area contributed by atoms with E-state index in [1.54, 1.807) is 4.90 Å². The van der Waals surface area contributed by atoms with E-state index in [1.807, 2.05) is 0 Å². The van der Waals surface area contributed by atoms with Crippen LogP contribution in [0.1, 0.15) is 0 Å². The van der Waals surface area contributed by atoms with Crippen molar-refractivity contribution in [1.82, 2.24) is 9.21 Å². The van der Waals surface area contributed by atoms with Gasteiger partial charge in [0.2, 0.25) is 15.9 Å². The van der Waals surface area contributed by atoms with Crippen LogP contribution in [0.2, 0.25) is 0 Å². The van der Waals surface area contributed by atoms with E-state index in [2.05, 4.69) is 10.1 Å². The topological polar surface area (TPSA) is 79.0 Å². The van der Waals surface area contributed by atoms with Crippen LogP contribution in [0.3, 0.4) is 0 Å². The summed E-state index contributed by atoms with van der Waals surface area (Å²) >= 11 is 0. The number of rotatable bonds is 7. The third kappa shape index (κ3) is 5.71. The zero-order valence-electron chi connectivity index (χ0n) is 15.8. The van der Waals surface area contributed by atoms with Crippen LogP contribution in [0, 0.1) is 5.82 Å². The summed E-state index contributed by atoms with van der Waals surface area (Å²) in [4.78, 5) is 13.9. The number of piperazine rings is 1. The Bertz CT molecular complexity index is 979. The molecule has 11 heteroatoms. The van der Waals surface area contributed by atoms with E-state index < -0.39 is 22.5 Å². The fourth-order valence-corrected chi connectivity index (χ4v) is 4.48. The number of sulfonamides is 1. The summed E-state index contributed by atoms with van der Waals surface area (Å²) in [7, 11) is -3.80. The lowest BCUT2D eigenvalue weighted by molar-refractivity contribution is -0.117. The summed E-state index contributed by atoms with van der Waals surface area (Å²) in [5.74, 6) is -0.960. The standard InChI is InChI=1S/C19H20F3N3O4S/c20-14-2-1-3-17(12-14)30(27,28)25-10-8-24(9-11-25)13-18(26)23-15-4-6-16(7-5-15)29-19(21)22/h1-7,12,19H,8-11,13H2,(H,23,26). The Labute approximate surface area is 172 Å². The summed E-state index contributed by atoms with van der Waals surface area (Å²) < 4.78 is 68.4. The second kappa shape index (κ2) is 9.45. The van der Waals surface area contributed by atoms with E-state index in [0.29, 0.717) is 18.8 Å². The molecule has 1 saturated heterocycles. The van der Waals surface area contributed by atoms with Crippen LogP contribution in [0.15, 0.2) is 53.4 Å². The van der Waals surface area contributed by atoms with E-state index in [4.69, 9.17) is 0 Å². The Morgan fingerprint density at radius 2 is 1.73 bits per heavy atom. The summed E-state index contributed by atoms with van der Waals surface area (Å²) in [6.45, 7) is -1.86. The van der Waals surface area contributed by atoms with Crippen molar-refractivity contribution in [1.29, 1.82) is 0 Å². The number of amides is 1. The first-order valence-corrected chi connectivity index (χ1v) is 10.5. The largest absolute Gasteiger partial charge is 0.435 e. The molecule has 162 valence electrons. The van der Waals surface area contributed by atoms with Gasteiger partial charge >= 0.3 is 6.61 Å². The highest BCUT2D eigenvalue weighted by Crippen LogP contribution is 2.19. The van der Waals surface area contributed by atoms with E-state index in [-0.39, 0.29) is 36.2 Å². The predicted octanol–water partition coefficient (Wildman–Crippen LogP) is 2.37. The minimum Gasteiger partial charge on any atom is -0.435 e. The molecular weight excluding hydrogens is 423 g/mol. The second-order valence-electron chi connectivity index (χ2n) is 6.59. The molecule has 0 atom stereocenters. The number of hydrogen-bond acceptors (Lipinski definition) is 5. The van der Waals surface area contributed by atoms with Crippen molar-refractivity contribution < 1.29 is 31.1 Å². The minimum absolute atomic E-state index is 0.0152.